The van der Waals surface area contributed by atoms with Crippen LogP contribution in [-0.4, -0.2) is 16.9 Å². The number of carbonyl (C=O) groups excluding carboxylic acids is 2. The highest BCUT2D eigenvalue weighted by Gasteiger charge is 2.16. The Morgan fingerprint density at radius 3 is 2.43 bits per heavy atom. The standard InChI is InChI=1S/C19H16ClFN4O2S/c1-11-16(17(26)22-10-12-2-6-14(21)7-3-12)28-19(23-11)25-18(27)24-15-8-4-13(20)5-9-15/h2-9H,10H2,1H3,(H,22,26)(H2,23,24,25,27). The Balaban J connectivity index is 1.58. The van der Waals surface area contributed by atoms with Gasteiger partial charge in [0.2, 0.25) is 0 Å². The number of hydrogen-bond donors (Lipinski definition) is 3. The van der Waals surface area contributed by atoms with Crippen LogP contribution in [0.3, 0.4) is 0 Å². The molecule has 9 heteroatoms. The number of carbonyl (C=O) groups is 2. The topological polar surface area (TPSA) is 83.1 Å². The molecule has 3 amide bonds. The molecule has 6 nitrogen and oxygen atoms in total. The third-order valence-corrected chi connectivity index (χ3v) is 5.02. The maximum absolute atomic E-state index is 12.9. The second-order valence-electron chi connectivity index (χ2n) is 5.83. The smallest absolute Gasteiger partial charge is 0.325 e. The molecule has 0 aliphatic carbocycles. The van der Waals surface area contributed by atoms with Crippen LogP contribution < -0.4 is 16.0 Å². The number of rotatable bonds is 5. The van der Waals surface area contributed by atoms with Crippen molar-refractivity contribution in [2.75, 3.05) is 10.6 Å². The van der Waals surface area contributed by atoms with Gasteiger partial charge in [-0.2, -0.15) is 0 Å². The zero-order chi connectivity index (χ0) is 20.1. The van der Waals surface area contributed by atoms with E-state index in [0.717, 1.165) is 16.9 Å². The first-order valence-electron chi connectivity index (χ1n) is 8.24. The Hall–Kier alpha value is -2.97. The van der Waals surface area contributed by atoms with E-state index in [2.05, 4.69) is 20.9 Å². The molecular weight excluding hydrogens is 403 g/mol. The summed E-state index contributed by atoms with van der Waals surface area (Å²) in [4.78, 5) is 29.0. The van der Waals surface area contributed by atoms with Gasteiger partial charge in [0, 0.05) is 17.3 Å². The summed E-state index contributed by atoms with van der Waals surface area (Å²) in [7, 11) is 0. The van der Waals surface area contributed by atoms with E-state index < -0.39 is 6.03 Å². The van der Waals surface area contributed by atoms with Crippen molar-refractivity contribution in [3.05, 3.63) is 75.5 Å². The van der Waals surface area contributed by atoms with E-state index in [0.29, 0.717) is 26.4 Å². The van der Waals surface area contributed by atoms with E-state index in [-0.39, 0.29) is 18.3 Å². The molecule has 144 valence electrons. The molecule has 0 fully saturated rings. The fourth-order valence-corrected chi connectivity index (χ4v) is 3.32. The lowest BCUT2D eigenvalue weighted by Gasteiger charge is -2.05. The number of amides is 3. The van der Waals surface area contributed by atoms with E-state index >= 15 is 0 Å². The van der Waals surface area contributed by atoms with Crippen LogP contribution in [0.25, 0.3) is 0 Å². The van der Waals surface area contributed by atoms with Crippen LogP contribution in [0.1, 0.15) is 20.9 Å². The van der Waals surface area contributed by atoms with Crippen LogP contribution in [0, 0.1) is 12.7 Å². The van der Waals surface area contributed by atoms with E-state index in [1.165, 1.54) is 12.1 Å². The average Bonchev–Trinajstić information content (AvgIpc) is 3.03. The summed E-state index contributed by atoms with van der Waals surface area (Å²) >= 11 is 6.88. The summed E-state index contributed by atoms with van der Waals surface area (Å²) in [6.45, 7) is 1.95. The molecule has 0 saturated carbocycles. The molecule has 3 N–H and O–H groups in total. The number of aromatic nitrogens is 1. The summed E-state index contributed by atoms with van der Waals surface area (Å²) in [6, 6.07) is 12.1. The molecule has 3 aromatic rings. The van der Waals surface area contributed by atoms with Gasteiger partial charge in [-0.05, 0) is 48.9 Å². The van der Waals surface area contributed by atoms with Crippen molar-refractivity contribution >= 4 is 45.7 Å². The van der Waals surface area contributed by atoms with Crippen LogP contribution in [0.15, 0.2) is 48.5 Å². The number of hydrogen-bond acceptors (Lipinski definition) is 4. The van der Waals surface area contributed by atoms with Crippen molar-refractivity contribution in [2.24, 2.45) is 0 Å². The Kier molecular flexibility index (Phi) is 6.23. The monoisotopic (exact) mass is 418 g/mol. The van der Waals surface area contributed by atoms with Crippen LogP contribution in [0.5, 0.6) is 0 Å². The molecule has 0 aliphatic heterocycles. The first kappa shape index (κ1) is 19.8. The van der Waals surface area contributed by atoms with Gasteiger partial charge in [-0.1, -0.05) is 35.1 Å². The number of anilines is 2. The van der Waals surface area contributed by atoms with Crippen LogP contribution in [-0.2, 0) is 6.54 Å². The normalized spacial score (nSPS) is 10.4. The lowest BCUT2D eigenvalue weighted by atomic mass is 10.2. The molecule has 2 aromatic carbocycles. The molecule has 0 atom stereocenters. The Morgan fingerprint density at radius 2 is 1.75 bits per heavy atom. The van der Waals surface area contributed by atoms with Crippen molar-refractivity contribution in [3.63, 3.8) is 0 Å². The summed E-state index contributed by atoms with van der Waals surface area (Å²) in [5.74, 6) is -0.647. The maximum atomic E-state index is 12.9. The highest BCUT2D eigenvalue weighted by molar-refractivity contribution is 7.17. The molecule has 0 saturated heterocycles. The van der Waals surface area contributed by atoms with Gasteiger partial charge in [0.1, 0.15) is 10.7 Å². The van der Waals surface area contributed by atoms with Gasteiger partial charge >= 0.3 is 6.03 Å². The Labute approximate surface area is 169 Å². The first-order valence-corrected chi connectivity index (χ1v) is 9.44. The van der Waals surface area contributed by atoms with Gasteiger partial charge in [-0.25, -0.2) is 14.2 Å². The van der Waals surface area contributed by atoms with Gasteiger partial charge in [-0.3, -0.25) is 10.1 Å². The van der Waals surface area contributed by atoms with Gasteiger partial charge in [0.25, 0.3) is 5.91 Å². The SMILES string of the molecule is Cc1nc(NC(=O)Nc2ccc(Cl)cc2)sc1C(=O)NCc1ccc(F)cc1. The fraction of sp³-hybridized carbons (Fsp3) is 0.105. The first-order chi connectivity index (χ1) is 13.4. The van der Waals surface area contributed by atoms with Crippen molar-refractivity contribution < 1.29 is 14.0 Å². The highest BCUT2D eigenvalue weighted by atomic mass is 35.5. The molecule has 28 heavy (non-hydrogen) atoms. The lowest BCUT2D eigenvalue weighted by Crippen LogP contribution is -2.22. The minimum atomic E-state index is -0.477. The molecule has 0 bridgehead atoms. The summed E-state index contributed by atoms with van der Waals surface area (Å²) < 4.78 is 12.9. The largest absolute Gasteiger partial charge is 0.347 e. The second kappa shape index (κ2) is 8.81. The zero-order valence-corrected chi connectivity index (χ0v) is 16.3. The van der Waals surface area contributed by atoms with Crippen molar-refractivity contribution in [2.45, 2.75) is 13.5 Å². The van der Waals surface area contributed by atoms with Gasteiger partial charge < -0.3 is 10.6 Å². The predicted octanol–water partition coefficient (Wildman–Crippen LogP) is 4.82. The van der Waals surface area contributed by atoms with Crippen molar-refractivity contribution in [3.8, 4) is 0 Å². The van der Waals surface area contributed by atoms with Crippen LogP contribution in [0.4, 0.5) is 20.0 Å². The third-order valence-electron chi connectivity index (χ3n) is 3.69. The molecule has 0 aliphatic rings. The molecule has 1 heterocycles. The second-order valence-corrected chi connectivity index (χ2v) is 7.26. The molecule has 3 rings (SSSR count). The number of nitrogens with one attached hydrogen (secondary N) is 3. The van der Waals surface area contributed by atoms with Crippen LogP contribution >= 0.6 is 22.9 Å². The van der Waals surface area contributed by atoms with E-state index in [1.807, 2.05) is 0 Å². The molecule has 0 unspecified atom stereocenters. The summed E-state index contributed by atoms with van der Waals surface area (Å²) in [5.41, 5.74) is 1.86. The van der Waals surface area contributed by atoms with Gasteiger partial charge in [0.15, 0.2) is 5.13 Å². The number of thiazole rings is 1. The number of halogens is 2. The minimum absolute atomic E-state index is 0.260. The summed E-state index contributed by atoms with van der Waals surface area (Å²) in [5, 5.41) is 8.88. The molecule has 0 spiro atoms. The molecule has 1 aromatic heterocycles. The number of nitrogens with zero attached hydrogens (tertiary/aromatic N) is 1. The summed E-state index contributed by atoms with van der Waals surface area (Å²) in [6.07, 6.45) is 0. The number of benzene rings is 2. The maximum Gasteiger partial charge on any atom is 0.325 e. The van der Waals surface area contributed by atoms with Gasteiger partial charge in [0.05, 0.1) is 5.69 Å². The van der Waals surface area contributed by atoms with E-state index in [9.17, 15) is 14.0 Å². The van der Waals surface area contributed by atoms with Crippen molar-refractivity contribution in [1.82, 2.24) is 10.3 Å². The van der Waals surface area contributed by atoms with E-state index in [1.54, 1.807) is 43.3 Å². The van der Waals surface area contributed by atoms with Crippen LogP contribution in [0.2, 0.25) is 5.02 Å². The average molecular weight is 419 g/mol. The number of urea groups is 1. The third kappa shape index (κ3) is 5.28. The van der Waals surface area contributed by atoms with Gasteiger partial charge in [-0.15, -0.1) is 0 Å². The lowest BCUT2D eigenvalue weighted by molar-refractivity contribution is 0.0954. The van der Waals surface area contributed by atoms with Crippen molar-refractivity contribution in [1.29, 1.82) is 0 Å². The van der Waals surface area contributed by atoms with E-state index in [4.69, 9.17) is 11.6 Å². The Morgan fingerprint density at radius 1 is 1.07 bits per heavy atom. The molecular formula is C19H16ClFN4O2S. The predicted molar refractivity (Wildman–Crippen MR) is 109 cm³/mol. The minimum Gasteiger partial charge on any atom is -0.347 e. The fourth-order valence-electron chi connectivity index (χ4n) is 2.32. The quantitative estimate of drug-likeness (QED) is 0.555. The molecule has 0 radical (unpaired) electrons. The Bertz CT molecular complexity index is 990. The highest BCUT2D eigenvalue weighted by Crippen LogP contribution is 2.23. The zero-order valence-electron chi connectivity index (χ0n) is 14.8. The number of aryl methyl sites for hydroxylation is 1.